The van der Waals surface area contributed by atoms with Gasteiger partial charge in [0.1, 0.15) is 11.6 Å². The second kappa shape index (κ2) is 8.17. The SMILES string of the molecule is O=C(O)c1ccc(CNCCOc2ncc(C(F)(F)F)cc2Cl)cc1. The summed E-state index contributed by atoms with van der Waals surface area (Å²) in [5, 5.41) is 11.6. The summed E-state index contributed by atoms with van der Waals surface area (Å²) in [4.78, 5) is 14.3. The standard InChI is InChI=1S/C16H14ClF3N2O3/c17-13-7-12(16(18,19)20)9-22-14(13)25-6-5-21-8-10-1-3-11(4-2-10)15(23)24/h1-4,7,9,21H,5-6,8H2,(H,23,24). The first kappa shape index (κ1) is 19.0. The average Bonchev–Trinajstić information content (AvgIpc) is 2.55. The number of alkyl halides is 3. The van der Waals surface area contributed by atoms with Crippen molar-refractivity contribution >= 4 is 17.6 Å². The number of aromatic nitrogens is 1. The van der Waals surface area contributed by atoms with Gasteiger partial charge in [-0.15, -0.1) is 0 Å². The van der Waals surface area contributed by atoms with E-state index in [0.29, 0.717) is 19.3 Å². The van der Waals surface area contributed by atoms with Gasteiger partial charge in [-0.05, 0) is 23.8 Å². The number of aromatic carboxylic acids is 1. The first-order valence-corrected chi connectivity index (χ1v) is 7.53. The van der Waals surface area contributed by atoms with Crippen LogP contribution in [0.25, 0.3) is 0 Å². The fourth-order valence-corrected chi connectivity index (χ4v) is 2.13. The van der Waals surface area contributed by atoms with E-state index in [1.807, 2.05) is 0 Å². The van der Waals surface area contributed by atoms with Gasteiger partial charge in [0.15, 0.2) is 0 Å². The summed E-state index contributed by atoms with van der Waals surface area (Å²) in [6.45, 7) is 1.04. The molecular weight excluding hydrogens is 361 g/mol. The maximum Gasteiger partial charge on any atom is 0.417 e. The topological polar surface area (TPSA) is 71.5 Å². The summed E-state index contributed by atoms with van der Waals surface area (Å²) in [7, 11) is 0. The summed E-state index contributed by atoms with van der Waals surface area (Å²) in [5.74, 6) is -1.06. The van der Waals surface area contributed by atoms with Gasteiger partial charge in [-0.25, -0.2) is 9.78 Å². The molecule has 0 unspecified atom stereocenters. The van der Waals surface area contributed by atoms with Crippen LogP contribution in [0.1, 0.15) is 21.5 Å². The average molecular weight is 375 g/mol. The van der Waals surface area contributed by atoms with Crippen molar-refractivity contribution in [3.8, 4) is 5.88 Å². The number of benzene rings is 1. The second-order valence-corrected chi connectivity index (χ2v) is 5.44. The lowest BCUT2D eigenvalue weighted by Crippen LogP contribution is -2.21. The molecule has 0 aliphatic carbocycles. The van der Waals surface area contributed by atoms with Crippen LogP contribution in [-0.4, -0.2) is 29.2 Å². The smallest absolute Gasteiger partial charge is 0.417 e. The molecule has 0 fully saturated rings. The number of nitrogens with one attached hydrogen (secondary N) is 1. The van der Waals surface area contributed by atoms with Gasteiger partial charge >= 0.3 is 12.1 Å². The first-order chi connectivity index (χ1) is 11.8. The van der Waals surface area contributed by atoms with Crippen LogP contribution in [0.3, 0.4) is 0 Å². The molecule has 1 heterocycles. The normalized spacial score (nSPS) is 11.4. The highest BCUT2D eigenvalue weighted by Crippen LogP contribution is 2.32. The number of hydrogen-bond acceptors (Lipinski definition) is 4. The molecular formula is C16H14ClF3N2O3. The molecule has 0 aliphatic rings. The quantitative estimate of drug-likeness (QED) is 0.724. The molecule has 1 aromatic carbocycles. The van der Waals surface area contributed by atoms with Gasteiger partial charge in [0, 0.05) is 19.3 Å². The van der Waals surface area contributed by atoms with Gasteiger partial charge in [-0.1, -0.05) is 23.7 Å². The van der Waals surface area contributed by atoms with E-state index in [0.717, 1.165) is 11.6 Å². The minimum absolute atomic E-state index is 0.0673. The van der Waals surface area contributed by atoms with Crippen molar-refractivity contribution < 1.29 is 27.8 Å². The van der Waals surface area contributed by atoms with Crippen LogP contribution >= 0.6 is 11.6 Å². The van der Waals surface area contributed by atoms with Crippen LogP contribution < -0.4 is 10.1 Å². The Hall–Kier alpha value is -2.32. The lowest BCUT2D eigenvalue weighted by atomic mass is 10.1. The molecule has 0 bridgehead atoms. The molecule has 0 atom stereocenters. The maximum absolute atomic E-state index is 12.5. The van der Waals surface area contributed by atoms with Crippen molar-refractivity contribution in [1.82, 2.24) is 10.3 Å². The Bertz CT molecular complexity index is 736. The van der Waals surface area contributed by atoms with Gasteiger partial charge in [-0.3, -0.25) is 0 Å². The van der Waals surface area contributed by atoms with Crippen LogP contribution in [0, 0.1) is 0 Å². The van der Waals surface area contributed by atoms with Crippen LogP contribution in [0.5, 0.6) is 5.88 Å². The van der Waals surface area contributed by atoms with Gasteiger partial charge in [0.25, 0.3) is 0 Å². The summed E-state index contributed by atoms with van der Waals surface area (Å²) >= 11 is 5.73. The molecule has 25 heavy (non-hydrogen) atoms. The molecule has 0 spiro atoms. The molecule has 5 nitrogen and oxygen atoms in total. The van der Waals surface area contributed by atoms with Crippen LogP contribution in [0.4, 0.5) is 13.2 Å². The third-order valence-corrected chi connectivity index (χ3v) is 3.45. The van der Waals surface area contributed by atoms with Crippen LogP contribution in [0.15, 0.2) is 36.5 Å². The molecule has 0 aliphatic heterocycles. The third kappa shape index (κ3) is 5.61. The number of halogens is 4. The molecule has 1 aromatic heterocycles. The van der Waals surface area contributed by atoms with Crippen LogP contribution in [-0.2, 0) is 12.7 Å². The molecule has 9 heteroatoms. The minimum atomic E-state index is -4.51. The maximum atomic E-state index is 12.5. The largest absolute Gasteiger partial charge is 0.478 e. The van der Waals surface area contributed by atoms with E-state index in [2.05, 4.69) is 10.3 Å². The Morgan fingerprint density at radius 1 is 1.28 bits per heavy atom. The lowest BCUT2D eigenvalue weighted by Gasteiger charge is -2.11. The third-order valence-electron chi connectivity index (χ3n) is 3.18. The number of ether oxygens (including phenoxy) is 1. The minimum Gasteiger partial charge on any atom is -0.478 e. The highest BCUT2D eigenvalue weighted by Gasteiger charge is 2.31. The number of carbonyl (C=O) groups is 1. The summed E-state index contributed by atoms with van der Waals surface area (Å²) in [6.07, 6.45) is -3.84. The van der Waals surface area contributed by atoms with Crippen molar-refractivity contribution in [3.63, 3.8) is 0 Å². The second-order valence-electron chi connectivity index (χ2n) is 5.04. The molecule has 0 amide bonds. The first-order valence-electron chi connectivity index (χ1n) is 7.16. The zero-order chi connectivity index (χ0) is 18.4. The number of hydrogen-bond donors (Lipinski definition) is 2. The lowest BCUT2D eigenvalue weighted by molar-refractivity contribution is -0.137. The Kier molecular flexibility index (Phi) is 6.22. The molecule has 134 valence electrons. The Morgan fingerprint density at radius 2 is 1.96 bits per heavy atom. The molecule has 0 radical (unpaired) electrons. The summed E-state index contributed by atoms with van der Waals surface area (Å²) in [6, 6.07) is 7.14. The Balaban J connectivity index is 1.77. The molecule has 2 N–H and O–H groups in total. The fourth-order valence-electron chi connectivity index (χ4n) is 1.90. The Labute approximate surface area is 146 Å². The predicted octanol–water partition coefficient (Wildman–Crippen LogP) is 3.62. The fraction of sp³-hybridized carbons (Fsp3) is 0.250. The highest BCUT2D eigenvalue weighted by atomic mass is 35.5. The van der Waals surface area contributed by atoms with Crippen molar-refractivity contribution in [3.05, 3.63) is 58.2 Å². The summed E-state index contributed by atoms with van der Waals surface area (Å²) in [5.41, 5.74) is 0.151. The number of carboxylic acids is 1. The van der Waals surface area contributed by atoms with E-state index < -0.39 is 17.7 Å². The van der Waals surface area contributed by atoms with E-state index in [1.54, 1.807) is 12.1 Å². The summed E-state index contributed by atoms with van der Waals surface area (Å²) < 4.78 is 42.7. The number of pyridine rings is 1. The van der Waals surface area contributed by atoms with E-state index in [9.17, 15) is 18.0 Å². The number of nitrogens with zero attached hydrogens (tertiary/aromatic N) is 1. The zero-order valence-electron chi connectivity index (χ0n) is 12.8. The van der Waals surface area contributed by atoms with Crippen molar-refractivity contribution in [2.24, 2.45) is 0 Å². The van der Waals surface area contributed by atoms with E-state index >= 15 is 0 Å². The van der Waals surface area contributed by atoms with Gasteiger partial charge < -0.3 is 15.2 Å². The van der Waals surface area contributed by atoms with Crippen LogP contribution in [0.2, 0.25) is 5.02 Å². The predicted molar refractivity (Wildman–Crippen MR) is 84.9 cm³/mol. The Morgan fingerprint density at radius 3 is 2.52 bits per heavy atom. The molecule has 2 aromatic rings. The van der Waals surface area contributed by atoms with Gasteiger partial charge in [-0.2, -0.15) is 13.2 Å². The number of rotatable bonds is 7. The molecule has 0 saturated heterocycles. The molecule has 0 saturated carbocycles. The van der Waals surface area contributed by atoms with E-state index in [-0.39, 0.29) is 23.1 Å². The van der Waals surface area contributed by atoms with Crippen molar-refractivity contribution in [1.29, 1.82) is 0 Å². The van der Waals surface area contributed by atoms with Gasteiger partial charge in [0.05, 0.1) is 11.1 Å². The van der Waals surface area contributed by atoms with Crippen molar-refractivity contribution in [2.75, 3.05) is 13.2 Å². The molecule has 2 rings (SSSR count). The number of carboxylic acid groups (broad SMARTS) is 1. The monoisotopic (exact) mass is 374 g/mol. The van der Waals surface area contributed by atoms with E-state index in [4.69, 9.17) is 21.4 Å². The highest BCUT2D eigenvalue weighted by molar-refractivity contribution is 6.31. The van der Waals surface area contributed by atoms with Gasteiger partial charge in [0.2, 0.25) is 5.88 Å². The zero-order valence-corrected chi connectivity index (χ0v) is 13.6. The van der Waals surface area contributed by atoms with E-state index in [1.165, 1.54) is 12.1 Å². The van der Waals surface area contributed by atoms with Crippen molar-refractivity contribution in [2.45, 2.75) is 12.7 Å².